The summed E-state index contributed by atoms with van der Waals surface area (Å²) in [5.74, 6) is 0.0521. The van der Waals surface area contributed by atoms with Gasteiger partial charge in [0.15, 0.2) is 0 Å². The van der Waals surface area contributed by atoms with E-state index in [0.29, 0.717) is 12.0 Å². The van der Waals surface area contributed by atoms with Crippen molar-refractivity contribution in [3.8, 4) is 12.1 Å². The summed E-state index contributed by atoms with van der Waals surface area (Å²) in [5.41, 5.74) is 5.16. The first kappa shape index (κ1) is 7.94. The van der Waals surface area contributed by atoms with Crippen LogP contribution >= 0.6 is 0 Å². The van der Waals surface area contributed by atoms with E-state index >= 15 is 0 Å². The van der Waals surface area contributed by atoms with E-state index in [-0.39, 0.29) is 11.8 Å². The molecular weight excluding hydrogens is 166 g/mol. The van der Waals surface area contributed by atoms with Gasteiger partial charge in [-0.15, -0.1) is 0 Å². The van der Waals surface area contributed by atoms with Gasteiger partial charge in [-0.2, -0.15) is 10.5 Å². The van der Waals surface area contributed by atoms with Crippen molar-refractivity contribution in [1.29, 1.82) is 10.5 Å². The summed E-state index contributed by atoms with van der Waals surface area (Å²) >= 11 is 0. The Labute approximate surface area is 76.2 Å². The summed E-state index contributed by atoms with van der Waals surface area (Å²) < 4.78 is 5.30. The Kier molecular flexibility index (Phi) is 1.47. The summed E-state index contributed by atoms with van der Waals surface area (Å²) in [6.07, 6.45) is 2.44. The molecule has 2 unspecified atom stereocenters. The summed E-state index contributed by atoms with van der Waals surface area (Å²) in [6, 6.07) is 4.16. The Balaban J connectivity index is 2.43. The second kappa shape index (κ2) is 2.40. The van der Waals surface area contributed by atoms with Crippen LogP contribution in [-0.2, 0) is 4.74 Å². The molecule has 4 heteroatoms. The largest absolute Gasteiger partial charge is 0.456 e. The normalized spacial score (nSPS) is 36.3. The number of ether oxygens (including phenoxy) is 1. The average Bonchev–Trinajstić information content (AvgIpc) is 2.60. The zero-order valence-corrected chi connectivity index (χ0v) is 7.08. The van der Waals surface area contributed by atoms with Crippen LogP contribution < -0.4 is 5.73 Å². The van der Waals surface area contributed by atoms with Gasteiger partial charge in [0.25, 0.3) is 0 Å². The highest BCUT2D eigenvalue weighted by Gasteiger charge is 2.53. The van der Waals surface area contributed by atoms with Gasteiger partial charge in [0.1, 0.15) is 12.1 Å². The van der Waals surface area contributed by atoms with E-state index in [1.54, 1.807) is 0 Å². The van der Waals surface area contributed by atoms with E-state index in [1.165, 1.54) is 0 Å². The fourth-order valence-electron chi connectivity index (χ4n) is 2.19. The minimum Gasteiger partial charge on any atom is -0.456 e. The summed E-state index contributed by atoms with van der Waals surface area (Å²) in [5, 5.41) is 17.8. The first-order chi connectivity index (χ1) is 6.23. The van der Waals surface area contributed by atoms with Crippen molar-refractivity contribution in [3.05, 3.63) is 11.5 Å². The van der Waals surface area contributed by atoms with Crippen LogP contribution in [0.3, 0.4) is 0 Å². The Morgan fingerprint density at radius 3 is 2.92 bits per heavy atom. The van der Waals surface area contributed by atoms with Crippen molar-refractivity contribution in [2.24, 2.45) is 11.7 Å². The highest BCUT2D eigenvalue weighted by molar-refractivity contribution is 5.38. The zero-order chi connectivity index (χ0) is 9.47. The first-order valence-corrected chi connectivity index (χ1v) is 4.23. The minimum absolute atomic E-state index is 0.0949. The van der Waals surface area contributed by atoms with Crippen molar-refractivity contribution in [2.75, 3.05) is 0 Å². The van der Waals surface area contributed by atoms with Crippen molar-refractivity contribution in [2.45, 2.75) is 24.9 Å². The van der Waals surface area contributed by atoms with Gasteiger partial charge in [-0.3, -0.25) is 0 Å². The second-order valence-electron chi connectivity index (χ2n) is 3.44. The standard InChI is InChI=1S/C9H9N3O/c10-4-6-7-2-1-3-9(7,5-11)13-8(6)12/h7H,1-3,12H2. The molecule has 0 spiro atoms. The maximum atomic E-state index is 8.99. The maximum absolute atomic E-state index is 8.99. The predicted molar refractivity (Wildman–Crippen MR) is 43.6 cm³/mol. The molecule has 66 valence electrons. The van der Waals surface area contributed by atoms with Crippen LogP contribution in [-0.4, -0.2) is 5.60 Å². The third-order valence-electron chi connectivity index (χ3n) is 2.82. The van der Waals surface area contributed by atoms with E-state index < -0.39 is 5.60 Å². The van der Waals surface area contributed by atoms with Crippen LogP contribution in [0, 0.1) is 28.6 Å². The lowest BCUT2D eigenvalue weighted by Crippen LogP contribution is -2.30. The van der Waals surface area contributed by atoms with Crippen LogP contribution in [0.5, 0.6) is 0 Å². The molecule has 2 rings (SSSR count). The number of nitrogens with zero attached hydrogens (tertiary/aromatic N) is 2. The Morgan fingerprint density at radius 1 is 1.54 bits per heavy atom. The van der Waals surface area contributed by atoms with Crippen molar-refractivity contribution < 1.29 is 4.74 Å². The molecule has 1 aliphatic heterocycles. The highest BCUT2D eigenvalue weighted by atomic mass is 16.5. The smallest absolute Gasteiger partial charge is 0.203 e. The molecule has 1 heterocycles. The van der Waals surface area contributed by atoms with Crippen molar-refractivity contribution in [1.82, 2.24) is 0 Å². The zero-order valence-electron chi connectivity index (χ0n) is 7.08. The van der Waals surface area contributed by atoms with Crippen LogP contribution in [0.4, 0.5) is 0 Å². The van der Waals surface area contributed by atoms with Crippen LogP contribution in [0.1, 0.15) is 19.3 Å². The van der Waals surface area contributed by atoms with Crippen LogP contribution in [0.2, 0.25) is 0 Å². The van der Waals surface area contributed by atoms with Gasteiger partial charge in [0.2, 0.25) is 11.5 Å². The molecule has 0 aromatic carbocycles. The number of nitriles is 2. The quantitative estimate of drug-likeness (QED) is 0.589. The van der Waals surface area contributed by atoms with Gasteiger partial charge < -0.3 is 10.5 Å². The van der Waals surface area contributed by atoms with Crippen molar-refractivity contribution >= 4 is 0 Å². The van der Waals surface area contributed by atoms with Gasteiger partial charge in [0.05, 0.1) is 11.5 Å². The molecule has 0 aromatic heterocycles. The van der Waals surface area contributed by atoms with Gasteiger partial charge in [0, 0.05) is 6.42 Å². The Morgan fingerprint density at radius 2 is 2.31 bits per heavy atom. The molecule has 4 nitrogen and oxygen atoms in total. The molecule has 2 aliphatic rings. The molecule has 13 heavy (non-hydrogen) atoms. The SMILES string of the molecule is N#CC1=C(N)OC2(C#N)CCCC12. The number of nitrogens with two attached hydrogens (primary N) is 1. The molecule has 0 amide bonds. The number of hydrogen-bond acceptors (Lipinski definition) is 4. The minimum atomic E-state index is -0.824. The third-order valence-corrected chi connectivity index (χ3v) is 2.82. The second-order valence-corrected chi connectivity index (χ2v) is 3.44. The summed E-state index contributed by atoms with van der Waals surface area (Å²) in [7, 11) is 0. The summed E-state index contributed by atoms with van der Waals surface area (Å²) in [6.45, 7) is 0. The Hall–Kier alpha value is -1.68. The molecule has 2 atom stereocenters. The molecule has 1 fully saturated rings. The summed E-state index contributed by atoms with van der Waals surface area (Å²) in [4.78, 5) is 0. The van der Waals surface area contributed by atoms with E-state index in [2.05, 4.69) is 6.07 Å². The topological polar surface area (TPSA) is 82.8 Å². The van der Waals surface area contributed by atoms with E-state index in [4.69, 9.17) is 21.0 Å². The lowest BCUT2D eigenvalue weighted by Gasteiger charge is -2.19. The fourth-order valence-corrected chi connectivity index (χ4v) is 2.19. The molecule has 1 aliphatic carbocycles. The molecule has 0 bridgehead atoms. The molecular formula is C9H9N3O. The van der Waals surface area contributed by atoms with Gasteiger partial charge in [-0.1, -0.05) is 0 Å². The lowest BCUT2D eigenvalue weighted by molar-refractivity contribution is 0.0601. The average molecular weight is 175 g/mol. The van der Waals surface area contributed by atoms with Gasteiger partial charge in [-0.05, 0) is 12.8 Å². The fraction of sp³-hybridized carbons (Fsp3) is 0.556. The first-order valence-electron chi connectivity index (χ1n) is 4.23. The van der Waals surface area contributed by atoms with Gasteiger partial charge in [-0.25, -0.2) is 0 Å². The number of rotatable bonds is 0. The predicted octanol–water partition coefficient (Wildman–Crippen LogP) is 0.773. The highest BCUT2D eigenvalue weighted by Crippen LogP contribution is 2.48. The monoisotopic (exact) mass is 175 g/mol. The lowest BCUT2D eigenvalue weighted by atomic mass is 9.88. The van der Waals surface area contributed by atoms with E-state index in [1.807, 2.05) is 6.07 Å². The van der Waals surface area contributed by atoms with Crippen LogP contribution in [0.25, 0.3) is 0 Å². The third kappa shape index (κ3) is 0.831. The van der Waals surface area contributed by atoms with E-state index in [0.717, 1.165) is 12.8 Å². The molecule has 0 saturated heterocycles. The number of hydrogen-bond donors (Lipinski definition) is 1. The molecule has 2 N–H and O–H groups in total. The Bertz CT molecular complexity index is 360. The molecule has 1 saturated carbocycles. The van der Waals surface area contributed by atoms with Crippen LogP contribution in [0.15, 0.2) is 11.5 Å². The van der Waals surface area contributed by atoms with E-state index in [9.17, 15) is 0 Å². The molecule has 0 radical (unpaired) electrons. The van der Waals surface area contributed by atoms with Crippen molar-refractivity contribution in [3.63, 3.8) is 0 Å². The number of fused-ring (bicyclic) bond motifs is 1. The molecule has 0 aromatic rings. The maximum Gasteiger partial charge on any atom is 0.203 e. The van der Waals surface area contributed by atoms with Gasteiger partial charge >= 0.3 is 0 Å².